The number of benzene rings is 1. The van der Waals surface area contributed by atoms with Gasteiger partial charge in [0.2, 0.25) is 0 Å². The number of rotatable bonds is 4. The molecule has 18 heavy (non-hydrogen) atoms. The predicted molar refractivity (Wildman–Crippen MR) is 69.9 cm³/mol. The highest BCUT2D eigenvalue weighted by Crippen LogP contribution is 2.45. The van der Waals surface area contributed by atoms with Crippen molar-refractivity contribution in [2.75, 3.05) is 14.2 Å². The normalized spacial score (nSPS) is 22.5. The van der Waals surface area contributed by atoms with Crippen molar-refractivity contribution in [3.05, 3.63) is 23.8 Å². The van der Waals surface area contributed by atoms with Crippen LogP contribution >= 0.6 is 0 Å². The third-order valence-corrected chi connectivity index (χ3v) is 3.85. The van der Waals surface area contributed by atoms with Gasteiger partial charge in [0.15, 0.2) is 0 Å². The monoisotopic (exact) mass is 245 g/mol. The molecule has 0 amide bonds. The molecule has 1 aliphatic carbocycles. The first-order valence-corrected chi connectivity index (χ1v) is 6.39. The number of hydrogen-bond acceptors (Lipinski definition) is 3. The average molecular weight is 245 g/mol. The van der Waals surface area contributed by atoms with Crippen LogP contribution in [0.2, 0.25) is 0 Å². The van der Waals surface area contributed by atoms with Gasteiger partial charge in [-0.3, -0.25) is 0 Å². The Kier molecular flexibility index (Phi) is 4.09. The van der Waals surface area contributed by atoms with Gasteiger partial charge in [0.25, 0.3) is 0 Å². The summed E-state index contributed by atoms with van der Waals surface area (Å²) in [7, 11) is 3.37. The maximum atomic E-state index is 8.91. The number of nitrogens with zero attached hydrogens (tertiary/aromatic N) is 1. The van der Waals surface area contributed by atoms with Crippen molar-refractivity contribution in [2.24, 2.45) is 5.92 Å². The third kappa shape index (κ3) is 2.43. The molecule has 2 atom stereocenters. The van der Waals surface area contributed by atoms with Gasteiger partial charge in [0.05, 0.1) is 20.3 Å². The van der Waals surface area contributed by atoms with E-state index in [1.165, 1.54) is 12.0 Å². The number of methoxy groups -OCH3 is 2. The molecule has 0 heterocycles. The summed E-state index contributed by atoms with van der Waals surface area (Å²) >= 11 is 0. The predicted octanol–water partition coefficient (Wildman–Crippen LogP) is 3.50. The molecule has 1 aromatic carbocycles. The molecule has 0 radical (unpaired) electrons. The van der Waals surface area contributed by atoms with Crippen molar-refractivity contribution >= 4 is 0 Å². The fourth-order valence-electron chi connectivity index (χ4n) is 2.94. The average Bonchev–Trinajstić information content (AvgIpc) is 2.86. The molecule has 3 heteroatoms. The molecule has 0 aliphatic heterocycles. The smallest absolute Gasteiger partial charge is 0.122 e. The van der Waals surface area contributed by atoms with Crippen LogP contribution in [0.1, 0.15) is 37.2 Å². The molecule has 0 aromatic heterocycles. The van der Waals surface area contributed by atoms with Gasteiger partial charge in [-0.1, -0.05) is 6.42 Å². The fourth-order valence-corrected chi connectivity index (χ4v) is 2.94. The van der Waals surface area contributed by atoms with Gasteiger partial charge in [-0.2, -0.15) is 5.26 Å². The summed E-state index contributed by atoms with van der Waals surface area (Å²) in [5.41, 5.74) is 1.19. The highest BCUT2D eigenvalue weighted by Gasteiger charge is 2.30. The topological polar surface area (TPSA) is 42.2 Å². The minimum absolute atomic E-state index is 0.426. The van der Waals surface area contributed by atoms with Crippen molar-refractivity contribution in [2.45, 2.75) is 31.6 Å². The van der Waals surface area contributed by atoms with E-state index in [1.807, 2.05) is 12.1 Å². The van der Waals surface area contributed by atoms with Crippen LogP contribution in [0.15, 0.2) is 18.2 Å². The molecule has 0 bridgehead atoms. The van der Waals surface area contributed by atoms with Crippen LogP contribution in [-0.2, 0) is 0 Å². The van der Waals surface area contributed by atoms with Crippen molar-refractivity contribution in [3.63, 3.8) is 0 Å². The Hall–Kier alpha value is -1.69. The van der Waals surface area contributed by atoms with Crippen LogP contribution in [0.3, 0.4) is 0 Å². The summed E-state index contributed by atoms with van der Waals surface area (Å²) in [5.74, 6) is 2.64. The lowest BCUT2D eigenvalue weighted by Gasteiger charge is -2.20. The Labute approximate surface area is 108 Å². The molecule has 0 N–H and O–H groups in total. The largest absolute Gasteiger partial charge is 0.497 e. The summed E-state index contributed by atoms with van der Waals surface area (Å²) in [5, 5.41) is 8.91. The van der Waals surface area contributed by atoms with Gasteiger partial charge in [0, 0.05) is 12.0 Å². The van der Waals surface area contributed by atoms with E-state index in [0.29, 0.717) is 18.3 Å². The summed E-state index contributed by atoms with van der Waals surface area (Å²) in [6, 6.07) is 8.23. The van der Waals surface area contributed by atoms with E-state index in [1.54, 1.807) is 14.2 Å². The molecule has 1 fully saturated rings. The third-order valence-electron chi connectivity index (χ3n) is 3.85. The van der Waals surface area contributed by atoms with Gasteiger partial charge < -0.3 is 9.47 Å². The van der Waals surface area contributed by atoms with Crippen LogP contribution in [0.25, 0.3) is 0 Å². The summed E-state index contributed by atoms with van der Waals surface area (Å²) in [6.07, 6.45) is 4.09. The fraction of sp³-hybridized carbons (Fsp3) is 0.533. The Morgan fingerprint density at radius 1 is 1.28 bits per heavy atom. The van der Waals surface area contributed by atoms with E-state index in [-0.39, 0.29) is 0 Å². The maximum Gasteiger partial charge on any atom is 0.122 e. The van der Waals surface area contributed by atoms with E-state index < -0.39 is 0 Å². The highest BCUT2D eigenvalue weighted by molar-refractivity contribution is 5.43. The second kappa shape index (κ2) is 5.77. The van der Waals surface area contributed by atoms with Gasteiger partial charge in [-0.15, -0.1) is 0 Å². The number of hydrogen-bond donors (Lipinski definition) is 0. The maximum absolute atomic E-state index is 8.91. The number of nitriles is 1. The standard InChI is InChI=1S/C15H19NO2/c1-17-12-6-7-15(18-2)14(10-12)13-5-3-4-11(13)8-9-16/h6-7,10-11,13H,3-5,8H2,1-2H3. The lowest BCUT2D eigenvalue weighted by Crippen LogP contribution is -2.07. The molecule has 0 saturated heterocycles. The Balaban J connectivity index is 2.33. The van der Waals surface area contributed by atoms with Gasteiger partial charge in [0.1, 0.15) is 11.5 Å². The lowest BCUT2D eigenvalue weighted by molar-refractivity contribution is 0.386. The van der Waals surface area contributed by atoms with E-state index in [2.05, 4.69) is 12.1 Å². The van der Waals surface area contributed by atoms with Gasteiger partial charge in [-0.05, 0) is 42.9 Å². The van der Waals surface area contributed by atoms with Crippen molar-refractivity contribution in [1.29, 1.82) is 5.26 Å². The summed E-state index contributed by atoms with van der Waals surface area (Å²) < 4.78 is 10.7. The molecule has 2 unspecified atom stereocenters. The molecular weight excluding hydrogens is 226 g/mol. The minimum atomic E-state index is 0.426. The van der Waals surface area contributed by atoms with Crippen LogP contribution in [0.4, 0.5) is 0 Å². The molecular formula is C15H19NO2. The molecule has 1 aliphatic rings. The van der Waals surface area contributed by atoms with Crippen LogP contribution < -0.4 is 9.47 Å². The second-order valence-electron chi connectivity index (χ2n) is 4.77. The molecule has 3 nitrogen and oxygen atoms in total. The van der Waals surface area contributed by atoms with Gasteiger partial charge in [-0.25, -0.2) is 0 Å². The summed E-state index contributed by atoms with van der Waals surface area (Å²) in [4.78, 5) is 0. The molecule has 0 spiro atoms. The minimum Gasteiger partial charge on any atom is -0.497 e. The van der Waals surface area contributed by atoms with Crippen LogP contribution in [0.5, 0.6) is 11.5 Å². The van der Waals surface area contributed by atoms with E-state index in [4.69, 9.17) is 14.7 Å². The van der Waals surface area contributed by atoms with Crippen LogP contribution in [-0.4, -0.2) is 14.2 Å². The van der Waals surface area contributed by atoms with Crippen molar-refractivity contribution in [3.8, 4) is 17.6 Å². The van der Waals surface area contributed by atoms with E-state index in [0.717, 1.165) is 24.3 Å². The zero-order chi connectivity index (χ0) is 13.0. The molecule has 1 saturated carbocycles. The molecule has 1 aromatic rings. The van der Waals surface area contributed by atoms with E-state index >= 15 is 0 Å². The Morgan fingerprint density at radius 2 is 2.11 bits per heavy atom. The molecule has 96 valence electrons. The number of ether oxygens (including phenoxy) is 2. The quantitative estimate of drug-likeness (QED) is 0.815. The Bertz CT molecular complexity index is 450. The zero-order valence-corrected chi connectivity index (χ0v) is 11.0. The SMILES string of the molecule is COc1ccc(OC)c(C2CCCC2CC#N)c1. The van der Waals surface area contributed by atoms with Crippen molar-refractivity contribution in [1.82, 2.24) is 0 Å². The summed E-state index contributed by atoms with van der Waals surface area (Å²) in [6.45, 7) is 0. The van der Waals surface area contributed by atoms with Gasteiger partial charge >= 0.3 is 0 Å². The second-order valence-corrected chi connectivity index (χ2v) is 4.77. The first kappa shape index (κ1) is 12.8. The highest BCUT2D eigenvalue weighted by atomic mass is 16.5. The Morgan fingerprint density at radius 3 is 2.78 bits per heavy atom. The van der Waals surface area contributed by atoms with Crippen molar-refractivity contribution < 1.29 is 9.47 Å². The molecule has 2 rings (SSSR count). The first-order valence-electron chi connectivity index (χ1n) is 6.39. The zero-order valence-electron chi connectivity index (χ0n) is 11.0. The lowest BCUT2D eigenvalue weighted by atomic mass is 9.86. The van der Waals surface area contributed by atoms with Crippen LogP contribution in [0, 0.1) is 17.2 Å². The van der Waals surface area contributed by atoms with E-state index in [9.17, 15) is 0 Å². The first-order chi connectivity index (χ1) is 8.80.